The van der Waals surface area contributed by atoms with Crippen LogP contribution in [0.4, 0.5) is 0 Å². The molecule has 0 amide bonds. The number of para-hydroxylation sites is 1. The number of hydrogen-bond donors (Lipinski definition) is 2. The predicted molar refractivity (Wildman–Crippen MR) is 85.3 cm³/mol. The molecule has 0 heterocycles. The fraction of sp³-hybridized carbons (Fsp3) is 0.562. The molecule has 2 N–H and O–H groups in total. The molecule has 0 aliphatic carbocycles. The molecule has 0 aromatic heterocycles. The van der Waals surface area contributed by atoms with E-state index < -0.39 is 0 Å². The van der Waals surface area contributed by atoms with Gasteiger partial charge in [0.15, 0.2) is 5.96 Å². The van der Waals surface area contributed by atoms with E-state index >= 15 is 0 Å². The number of nitrogens with one attached hydrogen (secondary N) is 2. The van der Waals surface area contributed by atoms with Gasteiger partial charge in [0.05, 0.1) is 13.7 Å². The lowest BCUT2D eigenvalue weighted by atomic mass is 10.1. The standard InChI is InChI=1S/C16H27N3O/c1-5-17-16(18-11-10-13(2)3)19-12-14-8-6-7-9-15(14)20-4/h6-9,13H,5,10-12H2,1-4H3,(H2,17,18,19). The van der Waals surface area contributed by atoms with Crippen molar-refractivity contribution in [1.82, 2.24) is 10.6 Å². The Labute approximate surface area is 122 Å². The van der Waals surface area contributed by atoms with Crippen LogP contribution in [-0.2, 0) is 6.54 Å². The summed E-state index contributed by atoms with van der Waals surface area (Å²) in [6.45, 7) is 8.93. The highest BCUT2D eigenvalue weighted by Crippen LogP contribution is 2.17. The zero-order valence-electron chi connectivity index (χ0n) is 13.1. The highest BCUT2D eigenvalue weighted by molar-refractivity contribution is 5.79. The second-order valence-electron chi connectivity index (χ2n) is 5.12. The van der Waals surface area contributed by atoms with Crippen LogP contribution in [-0.4, -0.2) is 26.2 Å². The van der Waals surface area contributed by atoms with Gasteiger partial charge in [-0.15, -0.1) is 0 Å². The molecule has 0 atom stereocenters. The van der Waals surface area contributed by atoms with Gasteiger partial charge in [0.25, 0.3) is 0 Å². The van der Waals surface area contributed by atoms with Crippen molar-refractivity contribution < 1.29 is 4.74 Å². The Balaban J connectivity index is 2.61. The number of guanidine groups is 1. The summed E-state index contributed by atoms with van der Waals surface area (Å²) in [5.41, 5.74) is 1.09. The maximum Gasteiger partial charge on any atom is 0.191 e. The van der Waals surface area contributed by atoms with Crippen LogP contribution in [0.15, 0.2) is 29.3 Å². The van der Waals surface area contributed by atoms with Crippen LogP contribution in [0.1, 0.15) is 32.8 Å². The molecule has 112 valence electrons. The summed E-state index contributed by atoms with van der Waals surface area (Å²) in [5.74, 6) is 2.44. The zero-order chi connectivity index (χ0) is 14.8. The van der Waals surface area contributed by atoms with E-state index in [2.05, 4.69) is 36.4 Å². The SMILES string of the molecule is CCNC(=NCc1ccccc1OC)NCCC(C)C. The summed E-state index contributed by atoms with van der Waals surface area (Å²) >= 11 is 0. The third kappa shape index (κ3) is 5.95. The van der Waals surface area contributed by atoms with Gasteiger partial charge in [-0.3, -0.25) is 0 Å². The van der Waals surface area contributed by atoms with E-state index in [1.165, 1.54) is 0 Å². The van der Waals surface area contributed by atoms with Crippen molar-refractivity contribution in [3.63, 3.8) is 0 Å². The van der Waals surface area contributed by atoms with Crippen molar-refractivity contribution in [3.8, 4) is 5.75 Å². The van der Waals surface area contributed by atoms with Gasteiger partial charge in [-0.2, -0.15) is 0 Å². The third-order valence-electron chi connectivity index (χ3n) is 2.96. The Morgan fingerprint density at radius 2 is 2.00 bits per heavy atom. The van der Waals surface area contributed by atoms with Crippen LogP contribution in [0, 0.1) is 5.92 Å². The third-order valence-corrected chi connectivity index (χ3v) is 2.96. The molecule has 0 unspecified atom stereocenters. The normalized spacial score (nSPS) is 11.6. The molecule has 0 saturated carbocycles. The lowest BCUT2D eigenvalue weighted by Gasteiger charge is -2.13. The molecular weight excluding hydrogens is 250 g/mol. The van der Waals surface area contributed by atoms with E-state index in [1.807, 2.05) is 24.3 Å². The van der Waals surface area contributed by atoms with Gasteiger partial charge in [0, 0.05) is 18.7 Å². The smallest absolute Gasteiger partial charge is 0.191 e. The Kier molecular flexibility index (Phi) is 7.55. The van der Waals surface area contributed by atoms with Crippen molar-refractivity contribution in [2.45, 2.75) is 33.7 Å². The first-order valence-electron chi connectivity index (χ1n) is 7.31. The van der Waals surface area contributed by atoms with Crippen molar-refractivity contribution in [2.75, 3.05) is 20.2 Å². The number of hydrogen-bond acceptors (Lipinski definition) is 2. The van der Waals surface area contributed by atoms with Gasteiger partial charge in [0.1, 0.15) is 5.75 Å². The highest BCUT2D eigenvalue weighted by Gasteiger charge is 2.02. The van der Waals surface area contributed by atoms with Crippen molar-refractivity contribution in [2.24, 2.45) is 10.9 Å². The molecule has 0 saturated heterocycles. The van der Waals surface area contributed by atoms with Gasteiger partial charge < -0.3 is 15.4 Å². The summed E-state index contributed by atoms with van der Waals surface area (Å²) in [6.07, 6.45) is 1.14. The van der Waals surface area contributed by atoms with Crippen LogP contribution in [0.3, 0.4) is 0 Å². The molecule has 4 nitrogen and oxygen atoms in total. The van der Waals surface area contributed by atoms with Crippen LogP contribution in [0.5, 0.6) is 5.75 Å². The van der Waals surface area contributed by atoms with Crippen molar-refractivity contribution >= 4 is 5.96 Å². The molecule has 0 aliphatic rings. The largest absolute Gasteiger partial charge is 0.496 e. The molecule has 0 aliphatic heterocycles. The molecule has 20 heavy (non-hydrogen) atoms. The van der Waals surface area contributed by atoms with E-state index in [9.17, 15) is 0 Å². The molecular formula is C16H27N3O. The van der Waals surface area contributed by atoms with E-state index in [4.69, 9.17) is 4.74 Å². The topological polar surface area (TPSA) is 45.7 Å². The first-order valence-corrected chi connectivity index (χ1v) is 7.31. The van der Waals surface area contributed by atoms with Gasteiger partial charge in [-0.1, -0.05) is 32.0 Å². The minimum absolute atomic E-state index is 0.612. The molecule has 0 fully saturated rings. The minimum atomic E-state index is 0.612. The summed E-state index contributed by atoms with van der Waals surface area (Å²) in [5, 5.41) is 6.62. The number of benzene rings is 1. The van der Waals surface area contributed by atoms with E-state index in [0.29, 0.717) is 12.5 Å². The summed E-state index contributed by atoms with van der Waals surface area (Å²) in [4.78, 5) is 4.60. The van der Waals surface area contributed by atoms with E-state index in [1.54, 1.807) is 7.11 Å². The fourth-order valence-corrected chi connectivity index (χ4v) is 1.82. The van der Waals surface area contributed by atoms with Crippen LogP contribution in [0.25, 0.3) is 0 Å². The first-order chi connectivity index (χ1) is 9.67. The minimum Gasteiger partial charge on any atom is -0.496 e. The molecule has 1 aromatic rings. The average molecular weight is 277 g/mol. The number of methoxy groups -OCH3 is 1. The van der Waals surface area contributed by atoms with E-state index in [-0.39, 0.29) is 0 Å². The number of ether oxygens (including phenoxy) is 1. The second kappa shape index (κ2) is 9.23. The van der Waals surface area contributed by atoms with Crippen molar-refractivity contribution in [3.05, 3.63) is 29.8 Å². The number of aliphatic imine (C=N–C) groups is 1. The lowest BCUT2D eigenvalue weighted by molar-refractivity contribution is 0.410. The Bertz CT molecular complexity index is 416. The monoisotopic (exact) mass is 277 g/mol. The Hall–Kier alpha value is -1.71. The Morgan fingerprint density at radius 1 is 1.25 bits per heavy atom. The maximum atomic E-state index is 5.34. The van der Waals surface area contributed by atoms with E-state index in [0.717, 1.165) is 36.8 Å². The highest BCUT2D eigenvalue weighted by atomic mass is 16.5. The maximum absolute atomic E-state index is 5.34. The van der Waals surface area contributed by atoms with Crippen LogP contribution >= 0.6 is 0 Å². The average Bonchev–Trinajstić information content (AvgIpc) is 2.44. The molecule has 0 bridgehead atoms. The molecule has 1 rings (SSSR count). The van der Waals surface area contributed by atoms with Crippen molar-refractivity contribution in [1.29, 1.82) is 0 Å². The number of nitrogens with zero attached hydrogens (tertiary/aromatic N) is 1. The summed E-state index contributed by atoms with van der Waals surface area (Å²) in [6, 6.07) is 7.98. The Morgan fingerprint density at radius 3 is 2.65 bits per heavy atom. The fourth-order valence-electron chi connectivity index (χ4n) is 1.82. The molecule has 0 spiro atoms. The van der Waals surface area contributed by atoms with Gasteiger partial charge in [0.2, 0.25) is 0 Å². The first kappa shape index (κ1) is 16.3. The van der Waals surface area contributed by atoms with Gasteiger partial charge in [-0.25, -0.2) is 4.99 Å². The second-order valence-corrected chi connectivity index (χ2v) is 5.12. The summed E-state index contributed by atoms with van der Waals surface area (Å²) < 4.78 is 5.34. The van der Waals surface area contributed by atoms with Gasteiger partial charge >= 0.3 is 0 Å². The quantitative estimate of drug-likeness (QED) is 0.595. The van der Waals surface area contributed by atoms with Crippen LogP contribution in [0.2, 0.25) is 0 Å². The van der Waals surface area contributed by atoms with Crippen LogP contribution < -0.4 is 15.4 Å². The number of rotatable bonds is 7. The predicted octanol–water partition coefficient (Wildman–Crippen LogP) is 2.80. The molecule has 4 heteroatoms. The molecule has 1 aromatic carbocycles. The zero-order valence-corrected chi connectivity index (χ0v) is 13.1. The molecule has 0 radical (unpaired) electrons. The van der Waals surface area contributed by atoms with Gasteiger partial charge in [-0.05, 0) is 25.3 Å². The summed E-state index contributed by atoms with van der Waals surface area (Å²) in [7, 11) is 1.69. The lowest BCUT2D eigenvalue weighted by Crippen LogP contribution is -2.38.